The number of amides is 2. The van der Waals surface area contributed by atoms with Crippen LogP contribution in [0, 0.1) is 6.92 Å². The molecule has 0 aromatic heterocycles. The predicted octanol–water partition coefficient (Wildman–Crippen LogP) is 2.16. The quantitative estimate of drug-likeness (QED) is 0.719. The van der Waals surface area contributed by atoms with Crippen molar-refractivity contribution in [2.24, 2.45) is 0 Å². The number of fused-ring (bicyclic) bond motifs is 1. The number of anilines is 1. The fourth-order valence-corrected chi connectivity index (χ4v) is 4.42. The molecule has 2 aliphatic rings. The van der Waals surface area contributed by atoms with E-state index in [4.69, 9.17) is 0 Å². The first-order chi connectivity index (χ1) is 15.0. The van der Waals surface area contributed by atoms with Crippen LogP contribution in [0.25, 0.3) is 0 Å². The highest BCUT2D eigenvalue weighted by molar-refractivity contribution is 5.96. The van der Waals surface area contributed by atoms with E-state index in [0.717, 1.165) is 44.8 Å². The van der Waals surface area contributed by atoms with Crippen molar-refractivity contribution in [3.8, 4) is 0 Å². The van der Waals surface area contributed by atoms with Crippen molar-refractivity contribution >= 4 is 17.5 Å². The van der Waals surface area contributed by atoms with Crippen LogP contribution in [0.4, 0.5) is 5.69 Å². The van der Waals surface area contributed by atoms with Gasteiger partial charge in [-0.05, 0) is 36.1 Å². The first-order valence-electron chi connectivity index (χ1n) is 11.1. The molecule has 6 nitrogen and oxygen atoms in total. The van der Waals surface area contributed by atoms with E-state index in [1.807, 2.05) is 47.2 Å². The van der Waals surface area contributed by atoms with E-state index in [1.54, 1.807) is 0 Å². The third kappa shape index (κ3) is 5.14. The summed E-state index contributed by atoms with van der Waals surface area (Å²) in [5.74, 6) is 0.314. The summed E-state index contributed by atoms with van der Waals surface area (Å²) >= 11 is 0. The van der Waals surface area contributed by atoms with E-state index in [9.17, 15) is 9.59 Å². The van der Waals surface area contributed by atoms with Crippen LogP contribution < -0.4 is 4.90 Å². The van der Waals surface area contributed by atoms with Gasteiger partial charge in [0.1, 0.15) is 0 Å². The van der Waals surface area contributed by atoms with Gasteiger partial charge in [0.05, 0.1) is 13.1 Å². The normalized spacial score (nSPS) is 16.9. The third-order valence-corrected chi connectivity index (χ3v) is 6.47. The number of hydrogen-bond acceptors (Lipinski definition) is 4. The second kappa shape index (κ2) is 9.62. The van der Waals surface area contributed by atoms with Gasteiger partial charge in [-0.2, -0.15) is 0 Å². The summed E-state index contributed by atoms with van der Waals surface area (Å²) in [5.41, 5.74) is 4.72. The zero-order valence-corrected chi connectivity index (χ0v) is 18.6. The van der Waals surface area contributed by atoms with E-state index in [1.165, 1.54) is 16.7 Å². The van der Waals surface area contributed by atoms with Gasteiger partial charge in [0.25, 0.3) is 0 Å². The SMILES string of the molecule is Cc1ccccc1CN(C)C(=O)CN1CCN(CC(=O)N2CCc3ccccc32)CC1. The summed E-state index contributed by atoms with van der Waals surface area (Å²) in [6, 6.07) is 16.4. The second-order valence-corrected chi connectivity index (χ2v) is 8.65. The second-order valence-electron chi connectivity index (χ2n) is 8.65. The van der Waals surface area contributed by atoms with Crippen LogP contribution in [0.1, 0.15) is 16.7 Å². The lowest BCUT2D eigenvalue weighted by Gasteiger charge is -2.35. The lowest BCUT2D eigenvalue weighted by Crippen LogP contribution is -2.52. The molecule has 0 atom stereocenters. The molecule has 2 heterocycles. The summed E-state index contributed by atoms with van der Waals surface area (Å²) in [5, 5.41) is 0. The van der Waals surface area contributed by atoms with Gasteiger partial charge >= 0.3 is 0 Å². The molecule has 2 aliphatic heterocycles. The van der Waals surface area contributed by atoms with Gasteiger partial charge in [-0.15, -0.1) is 0 Å². The van der Waals surface area contributed by atoms with Crippen molar-refractivity contribution in [1.29, 1.82) is 0 Å². The zero-order chi connectivity index (χ0) is 21.8. The van der Waals surface area contributed by atoms with Crippen molar-refractivity contribution < 1.29 is 9.59 Å². The molecule has 2 aromatic rings. The zero-order valence-electron chi connectivity index (χ0n) is 18.6. The Morgan fingerprint density at radius 3 is 2.26 bits per heavy atom. The van der Waals surface area contributed by atoms with Crippen LogP contribution in [-0.2, 0) is 22.6 Å². The molecule has 0 radical (unpaired) electrons. The minimum Gasteiger partial charge on any atom is -0.340 e. The van der Waals surface area contributed by atoms with Gasteiger partial charge in [-0.25, -0.2) is 0 Å². The Morgan fingerprint density at radius 1 is 0.871 bits per heavy atom. The molecule has 1 fully saturated rings. The highest BCUT2D eigenvalue weighted by Gasteiger charge is 2.27. The van der Waals surface area contributed by atoms with Gasteiger partial charge in [-0.1, -0.05) is 42.5 Å². The van der Waals surface area contributed by atoms with Crippen molar-refractivity contribution in [3.63, 3.8) is 0 Å². The Morgan fingerprint density at radius 2 is 1.52 bits per heavy atom. The van der Waals surface area contributed by atoms with Crippen LogP contribution in [0.3, 0.4) is 0 Å². The summed E-state index contributed by atoms with van der Waals surface area (Å²) in [4.78, 5) is 33.7. The molecule has 2 amide bonds. The fourth-order valence-electron chi connectivity index (χ4n) is 4.42. The summed E-state index contributed by atoms with van der Waals surface area (Å²) in [6.07, 6.45) is 0.938. The number of aryl methyl sites for hydroxylation is 1. The molecule has 164 valence electrons. The van der Waals surface area contributed by atoms with Crippen molar-refractivity contribution in [2.75, 3.05) is 57.8 Å². The van der Waals surface area contributed by atoms with Crippen molar-refractivity contribution in [1.82, 2.24) is 14.7 Å². The van der Waals surface area contributed by atoms with Crippen molar-refractivity contribution in [3.05, 3.63) is 65.2 Å². The lowest BCUT2D eigenvalue weighted by atomic mass is 10.1. The number of carbonyl (C=O) groups excluding carboxylic acids is 2. The van der Waals surface area contributed by atoms with E-state index < -0.39 is 0 Å². The minimum absolute atomic E-state index is 0.140. The Labute approximate surface area is 185 Å². The van der Waals surface area contributed by atoms with Gasteiger partial charge in [0.2, 0.25) is 11.8 Å². The first kappa shape index (κ1) is 21.5. The summed E-state index contributed by atoms with van der Waals surface area (Å²) < 4.78 is 0. The van der Waals surface area contributed by atoms with Crippen LogP contribution in [0.5, 0.6) is 0 Å². The predicted molar refractivity (Wildman–Crippen MR) is 123 cm³/mol. The number of piperazine rings is 1. The molecule has 1 saturated heterocycles. The molecule has 4 rings (SSSR count). The molecule has 0 aliphatic carbocycles. The molecule has 0 spiro atoms. The van der Waals surface area contributed by atoms with E-state index >= 15 is 0 Å². The molecule has 0 unspecified atom stereocenters. The number of benzene rings is 2. The maximum Gasteiger partial charge on any atom is 0.241 e. The molecule has 0 bridgehead atoms. The molecule has 31 heavy (non-hydrogen) atoms. The number of rotatable bonds is 6. The topological polar surface area (TPSA) is 47.1 Å². The third-order valence-electron chi connectivity index (χ3n) is 6.47. The van der Waals surface area contributed by atoms with E-state index in [0.29, 0.717) is 19.6 Å². The number of hydrogen-bond donors (Lipinski definition) is 0. The van der Waals surface area contributed by atoms with Gasteiger partial charge in [0, 0.05) is 52.0 Å². The lowest BCUT2D eigenvalue weighted by molar-refractivity contribution is -0.132. The largest absolute Gasteiger partial charge is 0.340 e. The van der Waals surface area contributed by atoms with Crippen LogP contribution in [-0.4, -0.2) is 79.4 Å². The van der Waals surface area contributed by atoms with Crippen molar-refractivity contribution in [2.45, 2.75) is 19.9 Å². The number of likely N-dealkylation sites (N-methyl/N-ethyl adjacent to an activating group) is 1. The average molecular weight is 421 g/mol. The minimum atomic E-state index is 0.140. The first-order valence-corrected chi connectivity index (χ1v) is 11.1. The van der Waals surface area contributed by atoms with Gasteiger partial charge < -0.3 is 9.80 Å². The van der Waals surface area contributed by atoms with Crippen LogP contribution in [0.15, 0.2) is 48.5 Å². The van der Waals surface area contributed by atoms with Crippen LogP contribution in [0.2, 0.25) is 0 Å². The Kier molecular flexibility index (Phi) is 6.68. The maximum atomic E-state index is 12.8. The number of para-hydroxylation sites is 1. The smallest absolute Gasteiger partial charge is 0.241 e. The fraction of sp³-hybridized carbons (Fsp3) is 0.440. The Bertz CT molecular complexity index is 937. The van der Waals surface area contributed by atoms with Gasteiger partial charge in [-0.3, -0.25) is 19.4 Å². The molecule has 0 saturated carbocycles. The Balaban J connectivity index is 1.22. The number of nitrogens with zero attached hydrogens (tertiary/aromatic N) is 4. The maximum absolute atomic E-state index is 12.8. The molecular formula is C25H32N4O2. The molecule has 2 aromatic carbocycles. The summed E-state index contributed by atoms with van der Waals surface area (Å²) in [7, 11) is 1.87. The standard InChI is InChI=1S/C25H32N4O2/c1-20-7-3-4-9-22(20)17-26(2)24(30)18-27-13-15-28(16-14-27)19-25(31)29-12-11-21-8-5-6-10-23(21)29/h3-10H,11-19H2,1-2H3. The van der Waals surface area contributed by atoms with E-state index in [2.05, 4.69) is 34.9 Å². The summed E-state index contributed by atoms with van der Waals surface area (Å²) in [6.45, 7) is 7.63. The molecular weight excluding hydrogens is 388 g/mol. The molecule has 0 N–H and O–H groups in total. The van der Waals surface area contributed by atoms with Gasteiger partial charge in [0.15, 0.2) is 0 Å². The highest BCUT2D eigenvalue weighted by atomic mass is 16.2. The van der Waals surface area contributed by atoms with Crippen LogP contribution >= 0.6 is 0 Å². The van der Waals surface area contributed by atoms with E-state index in [-0.39, 0.29) is 11.8 Å². The highest BCUT2D eigenvalue weighted by Crippen LogP contribution is 2.27. The monoisotopic (exact) mass is 420 g/mol. The number of carbonyl (C=O) groups is 2. The average Bonchev–Trinajstić information content (AvgIpc) is 3.21. The molecule has 6 heteroatoms. The Hall–Kier alpha value is -2.70.